The normalized spacial score (nSPS) is 14.4. The minimum Gasteiger partial charge on any atom is -0.480 e. The van der Waals surface area contributed by atoms with E-state index in [4.69, 9.17) is 11.5 Å². The third-order valence-corrected chi connectivity index (χ3v) is 6.43. The number of aliphatic carboxylic acids is 1. The molecule has 0 bridgehead atoms. The second-order valence-corrected chi connectivity index (χ2v) is 11.0. The van der Waals surface area contributed by atoms with Crippen LogP contribution in [0.4, 0.5) is 0 Å². The summed E-state index contributed by atoms with van der Waals surface area (Å²) in [5.74, 6) is -3.63. The first-order chi connectivity index (χ1) is 18.8. The van der Waals surface area contributed by atoms with Crippen LogP contribution >= 0.6 is 0 Å². The molecule has 1 aromatic carbocycles. The van der Waals surface area contributed by atoms with Gasteiger partial charge in [0.25, 0.3) is 0 Å². The number of rotatable bonds is 16. The molecule has 0 aliphatic carbocycles. The molecule has 9 N–H and O–H groups in total. The Labute approximate surface area is 234 Å². The summed E-state index contributed by atoms with van der Waals surface area (Å²) < 4.78 is 0. The Bertz CT molecular complexity index is 1190. The van der Waals surface area contributed by atoms with Gasteiger partial charge in [0, 0.05) is 29.9 Å². The fourth-order valence-corrected chi connectivity index (χ4v) is 4.38. The number of primary amides is 1. The first-order valence-electron chi connectivity index (χ1n) is 13.5. The van der Waals surface area contributed by atoms with E-state index in [0.717, 1.165) is 16.5 Å². The Morgan fingerprint density at radius 3 is 1.90 bits per heavy atom. The second-order valence-electron chi connectivity index (χ2n) is 11.0. The number of para-hydroxylation sites is 1. The molecule has 1 heterocycles. The molecule has 2 rings (SSSR count). The number of carboxylic acid groups (broad SMARTS) is 1. The van der Waals surface area contributed by atoms with E-state index in [1.807, 2.05) is 52.0 Å². The van der Waals surface area contributed by atoms with Crippen LogP contribution in [0.3, 0.4) is 0 Å². The number of aromatic nitrogens is 1. The van der Waals surface area contributed by atoms with E-state index in [-0.39, 0.29) is 43.9 Å². The first-order valence-corrected chi connectivity index (χ1v) is 13.5. The van der Waals surface area contributed by atoms with Crippen molar-refractivity contribution in [3.8, 4) is 0 Å². The standard InChI is InChI=1S/C28H42N6O6/c1-15(2)11-21(32-25(36)19(29)9-10-24(30)35)26(37)33-22(12-16(3)4)27(38)34-23(28(39)40)13-17-14-31-20-8-6-5-7-18(17)20/h5-8,14-16,19,21-23,31H,9-13,29H2,1-4H3,(H2,30,35)(H,32,36)(H,33,37)(H,34,38)(H,39,40). The number of carbonyl (C=O) groups is 5. The van der Waals surface area contributed by atoms with Crippen LogP contribution in [-0.4, -0.2) is 63.9 Å². The molecule has 4 amide bonds. The van der Waals surface area contributed by atoms with Crippen molar-refractivity contribution < 1.29 is 29.1 Å². The van der Waals surface area contributed by atoms with Crippen LogP contribution in [0.25, 0.3) is 10.9 Å². The summed E-state index contributed by atoms with van der Waals surface area (Å²) in [6, 6.07) is 3.16. The van der Waals surface area contributed by atoms with E-state index in [1.165, 1.54) is 0 Å². The average molecular weight is 559 g/mol. The van der Waals surface area contributed by atoms with Crippen molar-refractivity contribution in [1.29, 1.82) is 0 Å². The van der Waals surface area contributed by atoms with E-state index >= 15 is 0 Å². The molecule has 0 spiro atoms. The maximum Gasteiger partial charge on any atom is 0.326 e. The molecule has 0 saturated heterocycles. The molecule has 0 radical (unpaired) electrons. The van der Waals surface area contributed by atoms with E-state index in [1.54, 1.807) is 6.20 Å². The number of nitrogens with two attached hydrogens (primary N) is 2. The van der Waals surface area contributed by atoms with E-state index in [9.17, 15) is 29.1 Å². The highest BCUT2D eigenvalue weighted by atomic mass is 16.4. The van der Waals surface area contributed by atoms with Crippen molar-refractivity contribution in [2.75, 3.05) is 0 Å². The molecule has 40 heavy (non-hydrogen) atoms. The smallest absolute Gasteiger partial charge is 0.326 e. The molecular weight excluding hydrogens is 516 g/mol. The summed E-state index contributed by atoms with van der Waals surface area (Å²) in [5.41, 5.74) is 12.6. The van der Waals surface area contributed by atoms with Gasteiger partial charge in [-0.05, 0) is 42.7 Å². The fourth-order valence-electron chi connectivity index (χ4n) is 4.38. The summed E-state index contributed by atoms with van der Waals surface area (Å²) in [6.07, 6.45) is 2.24. The predicted molar refractivity (Wildman–Crippen MR) is 151 cm³/mol. The molecular formula is C28H42N6O6. The number of fused-ring (bicyclic) bond motifs is 1. The number of carboxylic acids is 1. The lowest BCUT2D eigenvalue weighted by atomic mass is 9.99. The quantitative estimate of drug-likeness (QED) is 0.158. The van der Waals surface area contributed by atoms with Crippen molar-refractivity contribution in [3.05, 3.63) is 36.0 Å². The average Bonchev–Trinajstić information content (AvgIpc) is 3.28. The van der Waals surface area contributed by atoms with E-state index in [2.05, 4.69) is 20.9 Å². The lowest BCUT2D eigenvalue weighted by molar-refractivity contribution is -0.142. The van der Waals surface area contributed by atoms with E-state index in [0.29, 0.717) is 0 Å². The molecule has 12 heteroatoms. The molecule has 2 aromatic rings. The predicted octanol–water partition coefficient (Wildman–Crippen LogP) is 0.934. The second kappa shape index (κ2) is 15.0. The molecule has 0 aliphatic heterocycles. The highest BCUT2D eigenvalue weighted by molar-refractivity contribution is 5.94. The highest BCUT2D eigenvalue weighted by Gasteiger charge is 2.31. The van der Waals surface area contributed by atoms with Gasteiger partial charge in [-0.1, -0.05) is 45.9 Å². The molecule has 0 saturated carbocycles. The Kier molecular flexibility index (Phi) is 12.1. The fraction of sp³-hybridized carbons (Fsp3) is 0.536. The van der Waals surface area contributed by atoms with Crippen LogP contribution < -0.4 is 27.4 Å². The zero-order chi connectivity index (χ0) is 30.0. The van der Waals surface area contributed by atoms with Gasteiger partial charge < -0.3 is 37.5 Å². The Balaban J connectivity index is 2.16. The Morgan fingerprint density at radius 2 is 1.38 bits per heavy atom. The molecule has 220 valence electrons. The number of aromatic amines is 1. The molecule has 1 aromatic heterocycles. The molecule has 4 atom stereocenters. The van der Waals surface area contributed by atoms with Gasteiger partial charge in [-0.2, -0.15) is 0 Å². The summed E-state index contributed by atoms with van der Waals surface area (Å²) in [6.45, 7) is 7.50. The minimum absolute atomic E-state index is 0.00620. The number of nitrogens with one attached hydrogen (secondary N) is 4. The van der Waals surface area contributed by atoms with Crippen molar-refractivity contribution in [2.24, 2.45) is 23.3 Å². The van der Waals surface area contributed by atoms with Crippen molar-refractivity contribution in [3.63, 3.8) is 0 Å². The minimum atomic E-state index is -1.23. The summed E-state index contributed by atoms with van der Waals surface area (Å²) in [7, 11) is 0. The van der Waals surface area contributed by atoms with Gasteiger partial charge in [0.15, 0.2) is 0 Å². The van der Waals surface area contributed by atoms with Gasteiger partial charge >= 0.3 is 5.97 Å². The molecule has 12 nitrogen and oxygen atoms in total. The zero-order valence-electron chi connectivity index (χ0n) is 23.5. The van der Waals surface area contributed by atoms with Gasteiger partial charge in [0.05, 0.1) is 6.04 Å². The zero-order valence-corrected chi connectivity index (χ0v) is 23.5. The third-order valence-electron chi connectivity index (χ3n) is 6.43. The molecule has 0 fully saturated rings. The van der Waals surface area contributed by atoms with Gasteiger partial charge in [-0.25, -0.2) is 4.79 Å². The van der Waals surface area contributed by atoms with Gasteiger partial charge in [-0.15, -0.1) is 0 Å². The largest absolute Gasteiger partial charge is 0.480 e. The lowest BCUT2D eigenvalue weighted by Gasteiger charge is -2.27. The maximum absolute atomic E-state index is 13.3. The van der Waals surface area contributed by atoms with Crippen molar-refractivity contribution in [2.45, 2.75) is 84.0 Å². The SMILES string of the molecule is CC(C)CC(NC(=O)C(N)CCC(N)=O)C(=O)NC(CC(C)C)C(=O)NC(Cc1c[nH]c2ccccc12)C(=O)O. The number of H-pyrrole nitrogens is 1. The van der Waals surface area contributed by atoms with Crippen LogP contribution in [0.15, 0.2) is 30.5 Å². The van der Waals surface area contributed by atoms with E-state index < -0.39 is 53.8 Å². The number of carbonyl (C=O) groups excluding carboxylic acids is 4. The maximum atomic E-state index is 13.3. The van der Waals surface area contributed by atoms with Gasteiger partial charge in [-0.3, -0.25) is 19.2 Å². The number of benzene rings is 1. The van der Waals surface area contributed by atoms with Crippen LogP contribution in [0.1, 0.15) is 58.9 Å². The van der Waals surface area contributed by atoms with Crippen LogP contribution in [0, 0.1) is 11.8 Å². The Hall–Kier alpha value is -3.93. The van der Waals surface area contributed by atoms with Crippen molar-refractivity contribution >= 4 is 40.5 Å². The number of amides is 4. The van der Waals surface area contributed by atoms with Gasteiger partial charge in [0.1, 0.15) is 18.1 Å². The third kappa shape index (κ3) is 9.99. The number of hydrogen-bond donors (Lipinski definition) is 7. The lowest BCUT2D eigenvalue weighted by Crippen LogP contribution is -2.57. The van der Waals surface area contributed by atoms with Gasteiger partial charge in [0.2, 0.25) is 23.6 Å². The molecule has 4 unspecified atom stereocenters. The summed E-state index contributed by atoms with van der Waals surface area (Å²) in [5, 5.41) is 18.6. The van der Waals surface area contributed by atoms with Crippen LogP contribution in [0.5, 0.6) is 0 Å². The first kappa shape index (κ1) is 32.3. The number of hydrogen-bond acceptors (Lipinski definition) is 6. The summed E-state index contributed by atoms with van der Waals surface area (Å²) in [4.78, 5) is 65.4. The Morgan fingerprint density at radius 1 is 0.850 bits per heavy atom. The highest BCUT2D eigenvalue weighted by Crippen LogP contribution is 2.19. The molecule has 0 aliphatic rings. The van der Waals surface area contributed by atoms with Crippen molar-refractivity contribution in [1.82, 2.24) is 20.9 Å². The monoisotopic (exact) mass is 558 g/mol. The topological polar surface area (TPSA) is 209 Å². The van der Waals surface area contributed by atoms with Crippen LogP contribution in [-0.2, 0) is 30.4 Å². The summed E-state index contributed by atoms with van der Waals surface area (Å²) >= 11 is 0. The van der Waals surface area contributed by atoms with Crippen LogP contribution in [0.2, 0.25) is 0 Å².